The summed E-state index contributed by atoms with van der Waals surface area (Å²) in [5.41, 5.74) is 0. The minimum Gasteiger partial charge on any atom is -0.469 e. The van der Waals surface area contributed by atoms with E-state index in [1.165, 1.54) is 7.11 Å². The predicted octanol–water partition coefficient (Wildman–Crippen LogP) is 1.99. The number of carbonyl (C=O) groups is 1. The summed E-state index contributed by atoms with van der Waals surface area (Å²) in [5.74, 6) is 0.0550. The molecule has 1 atom stereocenters. The van der Waals surface area contributed by atoms with Crippen LogP contribution in [0.1, 0.15) is 33.1 Å². The lowest BCUT2D eigenvalue weighted by molar-refractivity contribution is -0.145. The van der Waals surface area contributed by atoms with Gasteiger partial charge in [0.1, 0.15) is 0 Å². The number of ether oxygens (including phenoxy) is 1. The fraction of sp³-hybridized carbons (Fsp3) is 0.875. The Balaban J connectivity index is 3.68. The molecule has 0 heterocycles. The van der Waals surface area contributed by atoms with Crippen LogP contribution >= 0.6 is 0 Å². The van der Waals surface area contributed by atoms with Crippen molar-refractivity contribution in [3.63, 3.8) is 0 Å². The van der Waals surface area contributed by atoms with Gasteiger partial charge in [-0.3, -0.25) is 4.79 Å². The summed E-state index contributed by atoms with van der Waals surface area (Å²) in [6.45, 7) is 4.09. The van der Waals surface area contributed by atoms with E-state index in [-0.39, 0.29) is 11.9 Å². The second kappa shape index (κ2) is 5.27. The molecule has 0 saturated heterocycles. The van der Waals surface area contributed by atoms with Gasteiger partial charge >= 0.3 is 5.97 Å². The van der Waals surface area contributed by atoms with Crippen LogP contribution in [0.5, 0.6) is 0 Å². The minimum absolute atomic E-state index is 0.0654. The van der Waals surface area contributed by atoms with Crippen LogP contribution in [0.3, 0.4) is 0 Å². The lowest BCUT2D eigenvalue weighted by atomic mass is 10.0. The zero-order chi connectivity index (χ0) is 7.98. The number of carbonyl (C=O) groups excluding carboxylic acids is 1. The summed E-state index contributed by atoms with van der Waals surface area (Å²) in [7, 11) is 1.45. The number of rotatable bonds is 4. The van der Waals surface area contributed by atoms with Gasteiger partial charge in [-0.05, 0) is 12.8 Å². The zero-order valence-electron chi connectivity index (χ0n) is 7.02. The molecule has 0 fully saturated rings. The maximum absolute atomic E-state index is 10.9. The Hall–Kier alpha value is -0.530. The summed E-state index contributed by atoms with van der Waals surface area (Å²) in [6, 6.07) is 0. The highest BCUT2D eigenvalue weighted by Crippen LogP contribution is 2.11. The van der Waals surface area contributed by atoms with E-state index in [1.807, 2.05) is 6.92 Å². The molecule has 0 spiro atoms. The maximum atomic E-state index is 10.9. The van der Waals surface area contributed by atoms with Gasteiger partial charge < -0.3 is 4.74 Å². The van der Waals surface area contributed by atoms with Gasteiger partial charge in [0.2, 0.25) is 0 Å². The molecule has 2 heteroatoms. The summed E-state index contributed by atoms with van der Waals surface area (Å²) < 4.78 is 4.62. The summed E-state index contributed by atoms with van der Waals surface area (Å²) in [5, 5.41) is 0. The van der Waals surface area contributed by atoms with Crippen molar-refractivity contribution in [3.05, 3.63) is 0 Å². The van der Waals surface area contributed by atoms with Gasteiger partial charge in [0.15, 0.2) is 0 Å². The van der Waals surface area contributed by atoms with Gasteiger partial charge in [-0.2, -0.15) is 0 Å². The molecule has 0 rings (SSSR count). The second-order valence-corrected chi connectivity index (χ2v) is 2.42. The predicted molar refractivity (Wildman–Crippen MR) is 40.7 cm³/mol. The molecule has 0 aliphatic carbocycles. The molecule has 0 aliphatic rings. The third-order valence-corrected chi connectivity index (χ3v) is 1.66. The van der Waals surface area contributed by atoms with E-state index >= 15 is 0 Å². The highest BCUT2D eigenvalue weighted by atomic mass is 16.5. The highest BCUT2D eigenvalue weighted by molar-refractivity contribution is 5.72. The molecule has 0 amide bonds. The van der Waals surface area contributed by atoms with Crippen LogP contribution < -0.4 is 0 Å². The van der Waals surface area contributed by atoms with E-state index in [2.05, 4.69) is 11.7 Å². The maximum Gasteiger partial charge on any atom is 0.308 e. The molecule has 0 unspecified atom stereocenters. The molecule has 60 valence electrons. The van der Waals surface area contributed by atoms with Crippen molar-refractivity contribution >= 4 is 5.97 Å². The van der Waals surface area contributed by atoms with Gasteiger partial charge in [-0.25, -0.2) is 0 Å². The van der Waals surface area contributed by atoms with E-state index in [0.29, 0.717) is 0 Å². The molecule has 0 saturated carbocycles. The molecule has 0 aromatic carbocycles. The molecule has 0 bridgehead atoms. The molecule has 0 N–H and O–H groups in total. The van der Waals surface area contributed by atoms with E-state index < -0.39 is 0 Å². The lowest BCUT2D eigenvalue weighted by Crippen LogP contribution is -2.14. The van der Waals surface area contributed by atoms with E-state index in [4.69, 9.17) is 0 Å². The lowest BCUT2D eigenvalue weighted by Gasteiger charge is -2.09. The molecule has 0 aromatic rings. The van der Waals surface area contributed by atoms with Crippen molar-refractivity contribution < 1.29 is 9.53 Å². The first-order valence-electron chi connectivity index (χ1n) is 3.84. The van der Waals surface area contributed by atoms with Crippen molar-refractivity contribution in [1.29, 1.82) is 0 Å². The Morgan fingerprint density at radius 1 is 1.50 bits per heavy atom. The average Bonchev–Trinajstić information content (AvgIpc) is 1.99. The Morgan fingerprint density at radius 2 is 2.10 bits per heavy atom. The monoisotopic (exact) mass is 144 g/mol. The minimum atomic E-state index is -0.0654. The van der Waals surface area contributed by atoms with Crippen LogP contribution in [0.15, 0.2) is 0 Å². The van der Waals surface area contributed by atoms with Crippen LogP contribution in [-0.2, 0) is 9.53 Å². The topological polar surface area (TPSA) is 26.3 Å². The fourth-order valence-electron chi connectivity index (χ4n) is 1.00. The van der Waals surface area contributed by atoms with E-state index in [9.17, 15) is 4.79 Å². The van der Waals surface area contributed by atoms with Gasteiger partial charge in [-0.1, -0.05) is 20.3 Å². The van der Waals surface area contributed by atoms with Crippen LogP contribution in [-0.4, -0.2) is 13.1 Å². The van der Waals surface area contributed by atoms with Crippen LogP contribution in [0.25, 0.3) is 0 Å². The van der Waals surface area contributed by atoms with Crippen LogP contribution in [0, 0.1) is 5.92 Å². The average molecular weight is 144 g/mol. The smallest absolute Gasteiger partial charge is 0.308 e. The molecule has 2 nitrogen and oxygen atoms in total. The third-order valence-electron chi connectivity index (χ3n) is 1.66. The number of hydrogen-bond donors (Lipinski definition) is 0. The standard InChI is InChI=1S/C8H16O2/c1-4-6-7(5-2)8(9)10-3/h7H,4-6H2,1-3H3/t7-/m1/s1. The SMILES string of the molecule is CCC[C@@H](CC)C(=O)OC. The van der Waals surface area contributed by atoms with Crippen molar-refractivity contribution in [2.45, 2.75) is 33.1 Å². The fourth-order valence-corrected chi connectivity index (χ4v) is 1.00. The largest absolute Gasteiger partial charge is 0.469 e. The van der Waals surface area contributed by atoms with Crippen LogP contribution in [0.4, 0.5) is 0 Å². The molecule has 0 aromatic heterocycles. The van der Waals surface area contributed by atoms with Crippen molar-refractivity contribution in [2.24, 2.45) is 5.92 Å². The molecule has 0 radical (unpaired) electrons. The molecule has 0 aliphatic heterocycles. The highest BCUT2D eigenvalue weighted by Gasteiger charge is 2.14. The van der Waals surface area contributed by atoms with Crippen molar-refractivity contribution in [1.82, 2.24) is 0 Å². The number of hydrogen-bond acceptors (Lipinski definition) is 2. The molecule has 10 heavy (non-hydrogen) atoms. The Kier molecular flexibility index (Phi) is 4.99. The summed E-state index contributed by atoms with van der Waals surface area (Å²) >= 11 is 0. The summed E-state index contributed by atoms with van der Waals surface area (Å²) in [4.78, 5) is 10.9. The normalized spacial score (nSPS) is 12.7. The Labute approximate surface area is 62.6 Å². The molecular weight excluding hydrogens is 128 g/mol. The quantitative estimate of drug-likeness (QED) is 0.564. The van der Waals surface area contributed by atoms with Gasteiger partial charge in [0.05, 0.1) is 13.0 Å². The van der Waals surface area contributed by atoms with Gasteiger partial charge in [0, 0.05) is 0 Å². The van der Waals surface area contributed by atoms with E-state index in [1.54, 1.807) is 0 Å². The first kappa shape index (κ1) is 9.47. The first-order chi connectivity index (χ1) is 4.76. The summed E-state index contributed by atoms with van der Waals surface area (Å²) in [6.07, 6.45) is 2.89. The Bertz CT molecular complexity index is 99.4. The van der Waals surface area contributed by atoms with Gasteiger partial charge in [-0.15, -0.1) is 0 Å². The van der Waals surface area contributed by atoms with E-state index in [0.717, 1.165) is 19.3 Å². The zero-order valence-corrected chi connectivity index (χ0v) is 7.02. The van der Waals surface area contributed by atoms with Crippen molar-refractivity contribution in [3.8, 4) is 0 Å². The number of esters is 1. The second-order valence-electron chi connectivity index (χ2n) is 2.42. The third kappa shape index (κ3) is 2.85. The van der Waals surface area contributed by atoms with Crippen molar-refractivity contribution in [2.75, 3.05) is 7.11 Å². The Morgan fingerprint density at radius 3 is 2.40 bits per heavy atom. The first-order valence-corrected chi connectivity index (χ1v) is 3.84. The number of methoxy groups -OCH3 is 1. The van der Waals surface area contributed by atoms with Crippen LogP contribution in [0.2, 0.25) is 0 Å². The molecular formula is C8H16O2. The van der Waals surface area contributed by atoms with Gasteiger partial charge in [0.25, 0.3) is 0 Å².